The Kier molecular flexibility index (Phi) is 4.68. The number of para-hydroxylation sites is 1. The first-order chi connectivity index (χ1) is 11.1. The number of aromatic nitrogens is 2. The van der Waals surface area contributed by atoms with Crippen molar-refractivity contribution in [3.63, 3.8) is 0 Å². The van der Waals surface area contributed by atoms with Crippen molar-refractivity contribution in [2.45, 2.75) is 26.2 Å². The quantitative estimate of drug-likeness (QED) is 0.842. The second-order valence-electron chi connectivity index (χ2n) is 5.28. The van der Waals surface area contributed by atoms with Gasteiger partial charge in [0.1, 0.15) is 5.02 Å². The van der Waals surface area contributed by atoms with E-state index in [-0.39, 0.29) is 11.2 Å². The van der Waals surface area contributed by atoms with Crippen molar-refractivity contribution in [2.75, 3.05) is 16.8 Å². The first kappa shape index (κ1) is 16.0. The van der Waals surface area contributed by atoms with Gasteiger partial charge in [0.25, 0.3) is 0 Å². The molecular formula is C16H16Cl2N4O. The van der Waals surface area contributed by atoms with E-state index in [0.29, 0.717) is 17.3 Å². The lowest BCUT2D eigenvalue weighted by Crippen LogP contribution is -2.35. The number of benzene rings is 1. The van der Waals surface area contributed by atoms with Crippen LogP contribution in [0.4, 0.5) is 17.2 Å². The molecule has 0 saturated carbocycles. The molecule has 0 bridgehead atoms. The Morgan fingerprint density at radius 3 is 3.00 bits per heavy atom. The summed E-state index contributed by atoms with van der Waals surface area (Å²) in [5, 5.41) is 3.67. The van der Waals surface area contributed by atoms with Gasteiger partial charge in [0.2, 0.25) is 11.2 Å². The van der Waals surface area contributed by atoms with Gasteiger partial charge in [-0.25, -0.2) is 4.98 Å². The summed E-state index contributed by atoms with van der Waals surface area (Å²) >= 11 is 12.0. The molecule has 1 aliphatic heterocycles. The normalized spacial score (nSPS) is 13.6. The summed E-state index contributed by atoms with van der Waals surface area (Å²) in [5.74, 6) is 0.529. The van der Waals surface area contributed by atoms with E-state index in [1.54, 1.807) is 0 Å². The molecule has 0 saturated heterocycles. The maximum Gasteiger partial charge on any atom is 0.226 e. The van der Waals surface area contributed by atoms with Gasteiger partial charge in [-0.05, 0) is 36.1 Å². The van der Waals surface area contributed by atoms with Crippen molar-refractivity contribution < 1.29 is 4.79 Å². The van der Waals surface area contributed by atoms with Crippen molar-refractivity contribution in [3.05, 3.63) is 40.3 Å². The first-order valence-electron chi connectivity index (χ1n) is 7.47. The minimum Gasteiger partial charge on any atom is -0.337 e. The van der Waals surface area contributed by atoms with E-state index < -0.39 is 0 Å². The van der Waals surface area contributed by atoms with Crippen molar-refractivity contribution >= 4 is 46.3 Å². The average molecular weight is 351 g/mol. The van der Waals surface area contributed by atoms with Crippen LogP contribution in [0.15, 0.2) is 24.4 Å². The van der Waals surface area contributed by atoms with E-state index in [2.05, 4.69) is 15.3 Å². The number of carbonyl (C=O) groups is 1. The zero-order valence-corrected chi connectivity index (χ0v) is 14.2. The highest BCUT2D eigenvalue weighted by Gasteiger charge is 2.24. The van der Waals surface area contributed by atoms with Crippen LogP contribution in [0, 0.1) is 0 Å². The highest BCUT2D eigenvalue weighted by molar-refractivity contribution is 6.33. The fraction of sp³-hybridized carbons (Fsp3) is 0.312. The standard InChI is InChI=1S/C16H16Cl2N4O/c1-2-13(23)22-8-4-6-10-5-3-7-12(14(10)22)20-15-11(17)9-19-16(18)21-15/h3,5,7,9H,2,4,6,8H2,1H3,(H,19,20,21). The highest BCUT2D eigenvalue weighted by Crippen LogP contribution is 2.37. The Hall–Kier alpha value is -1.85. The molecule has 0 fully saturated rings. The molecular weight excluding hydrogens is 335 g/mol. The highest BCUT2D eigenvalue weighted by atomic mass is 35.5. The predicted octanol–water partition coefficient (Wildman–Crippen LogP) is 4.22. The predicted molar refractivity (Wildman–Crippen MR) is 92.7 cm³/mol. The lowest BCUT2D eigenvalue weighted by atomic mass is 10.00. The summed E-state index contributed by atoms with van der Waals surface area (Å²) in [6, 6.07) is 5.91. The number of aryl methyl sites for hydroxylation is 1. The number of nitrogens with zero attached hydrogens (tertiary/aromatic N) is 3. The summed E-state index contributed by atoms with van der Waals surface area (Å²) in [5.41, 5.74) is 2.83. The van der Waals surface area contributed by atoms with Gasteiger partial charge in [0.15, 0.2) is 5.82 Å². The second kappa shape index (κ2) is 6.72. The molecule has 0 radical (unpaired) electrons. The van der Waals surface area contributed by atoms with Gasteiger partial charge >= 0.3 is 0 Å². The van der Waals surface area contributed by atoms with Gasteiger partial charge in [0.05, 0.1) is 17.6 Å². The van der Waals surface area contributed by atoms with Crippen LogP contribution in [0.5, 0.6) is 0 Å². The fourth-order valence-electron chi connectivity index (χ4n) is 2.75. The molecule has 2 heterocycles. The average Bonchev–Trinajstić information content (AvgIpc) is 2.57. The van der Waals surface area contributed by atoms with Gasteiger partial charge in [0, 0.05) is 13.0 Å². The van der Waals surface area contributed by atoms with Crippen LogP contribution in [0.2, 0.25) is 10.3 Å². The van der Waals surface area contributed by atoms with E-state index in [9.17, 15) is 4.79 Å². The summed E-state index contributed by atoms with van der Waals surface area (Å²) in [7, 11) is 0. The van der Waals surface area contributed by atoms with Crippen LogP contribution in [-0.2, 0) is 11.2 Å². The summed E-state index contributed by atoms with van der Waals surface area (Å²) < 4.78 is 0. The Balaban J connectivity index is 2.03. The third-order valence-electron chi connectivity index (χ3n) is 3.79. The van der Waals surface area contributed by atoms with Crippen molar-refractivity contribution in [1.29, 1.82) is 0 Å². The molecule has 1 amide bonds. The molecule has 0 atom stereocenters. The Labute approximate surface area is 144 Å². The number of nitrogens with one attached hydrogen (secondary N) is 1. The van der Waals surface area contributed by atoms with Crippen LogP contribution in [0.1, 0.15) is 25.3 Å². The molecule has 0 spiro atoms. The third-order valence-corrected chi connectivity index (χ3v) is 4.25. The maximum absolute atomic E-state index is 12.3. The lowest BCUT2D eigenvalue weighted by Gasteiger charge is -2.31. The Morgan fingerprint density at radius 1 is 1.39 bits per heavy atom. The van der Waals surface area contributed by atoms with E-state index in [1.165, 1.54) is 6.20 Å². The molecule has 1 aliphatic rings. The molecule has 7 heteroatoms. The zero-order chi connectivity index (χ0) is 16.4. The maximum atomic E-state index is 12.3. The van der Waals surface area contributed by atoms with E-state index in [1.807, 2.05) is 30.0 Å². The fourth-order valence-corrected chi connectivity index (χ4v) is 3.02. The molecule has 23 heavy (non-hydrogen) atoms. The summed E-state index contributed by atoms with van der Waals surface area (Å²) in [6.07, 6.45) is 3.82. The van der Waals surface area contributed by atoms with E-state index in [0.717, 1.165) is 36.3 Å². The van der Waals surface area contributed by atoms with Gasteiger partial charge in [-0.3, -0.25) is 4.79 Å². The minimum atomic E-state index is 0.104. The largest absolute Gasteiger partial charge is 0.337 e. The number of anilines is 3. The van der Waals surface area contributed by atoms with Crippen LogP contribution >= 0.6 is 23.2 Å². The zero-order valence-electron chi connectivity index (χ0n) is 12.6. The van der Waals surface area contributed by atoms with Gasteiger partial charge in [-0.15, -0.1) is 0 Å². The van der Waals surface area contributed by atoms with E-state index in [4.69, 9.17) is 23.2 Å². The summed E-state index contributed by atoms with van der Waals surface area (Å²) in [6.45, 7) is 2.59. The van der Waals surface area contributed by atoms with Gasteiger partial charge < -0.3 is 10.2 Å². The summed E-state index contributed by atoms with van der Waals surface area (Å²) in [4.78, 5) is 22.1. The number of amides is 1. The van der Waals surface area contributed by atoms with Gasteiger partial charge in [-0.1, -0.05) is 30.7 Å². The number of rotatable bonds is 3. The number of carbonyl (C=O) groups excluding carboxylic acids is 1. The molecule has 0 aliphatic carbocycles. The molecule has 3 rings (SSSR count). The second-order valence-corrected chi connectivity index (χ2v) is 6.02. The van der Waals surface area contributed by atoms with E-state index >= 15 is 0 Å². The molecule has 1 aromatic carbocycles. The molecule has 5 nitrogen and oxygen atoms in total. The molecule has 1 N–H and O–H groups in total. The van der Waals surface area contributed by atoms with Crippen LogP contribution < -0.4 is 10.2 Å². The minimum absolute atomic E-state index is 0.104. The number of halogens is 2. The first-order valence-corrected chi connectivity index (χ1v) is 8.23. The topological polar surface area (TPSA) is 58.1 Å². The van der Waals surface area contributed by atoms with Crippen molar-refractivity contribution in [3.8, 4) is 0 Å². The smallest absolute Gasteiger partial charge is 0.226 e. The molecule has 0 unspecified atom stereocenters. The van der Waals surface area contributed by atoms with Crippen molar-refractivity contribution in [1.82, 2.24) is 9.97 Å². The van der Waals surface area contributed by atoms with Crippen LogP contribution in [0.3, 0.4) is 0 Å². The SMILES string of the molecule is CCC(=O)N1CCCc2cccc(Nc3nc(Cl)ncc3Cl)c21. The monoisotopic (exact) mass is 350 g/mol. The number of fused-ring (bicyclic) bond motifs is 1. The Morgan fingerprint density at radius 2 is 2.22 bits per heavy atom. The number of hydrogen-bond donors (Lipinski definition) is 1. The van der Waals surface area contributed by atoms with Crippen molar-refractivity contribution in [2.24, 2.45) is 0 Å². The third kappa shape index (κ3) is 3.26. The van der Waals surface area contributed by atoms with Crippen LogP contribution in [0.25, 0.3) is 0 Å². The Bertz CT molecular complexity index is 751. The molecule has 2 aromatic rings. The van der Waals surface area contributed by atoms with Gasteiger partial charge in [-0.2, -0.15) is 4.98 Å². The lowest BCUT2D eigenvalue weighted by molar-refractivity contribution is -0.118. The number of hydrogen-bond acceptors (Lipinski definition) is 4. The molecule has 120 valence electrons. The molecule has 1 aromatic heterocycles. The van der Waals surface area contributed by atoms with Crippen LogP contribution in [-0.4, -0.2) is 22.4 Å².